The van der Waals surface area contributed by atoms with Crippen LogP contribution < -0.4 is 10.1 Å². The fourth-order valence-corrected chi connectivity index (χ4v) is 2.48. The lowest BCUT2D eigenvalue weighted by atomic mass is 10.1. The summed E-state index contributed by atoms with van der Waals surface area (Å²) in [6.45, 7) is 2.77. The fraction of sp³-hybridized carbons (Fsp3) is 0.533. The molecule has 0 radical (unpaired) electrons. The van der Waals surface area contributed by atoms with Crippen LogP contribution in [-0.4, -0.2) is 44.1 Å². The molecule has 1 fully saturated rings. The quantitative estimate of drug-likeness (QED) is 0.861. The third kappa shape index (κ3) is 3.93. The molecule has 0 unspecified atom stereocenters. The van der Waals surface area contributed by atoms with E-state index < -0.39 is 5.82 Å². The molecule has 110 valence electrons. The number of halogens is 1. The maximum absolute atomic E-state index is 13.3. The van der Waals surface area contributed by atoms with Gasteiger partial charge in [0.2, 0.25) is 5.91 Å². The number of benzene rings is 1. The van der Waals surface area contributed by atoms with E-state index in [0.717, 1.165) is 26.1 Å². The summed E-state index contributed by atoms with van der Waals surface area (Å²) >= 11 is 0. The molecule has 0 saturated carbocycles. The largest absolute Gasteiger partial charge is 0.490 e. The van der Waals surface area contributed by atoms with Gasteiger partial charge < -0.3 is 15.0 Å². The lowest BCUT2D eigenvalue weighted by molar-refractivity contribution is -0.130. The molecule has 4 nitrogen and oxygen atoms in total. The van der Waals surface area contributed by atoms with Crippen molar-refractivity contribution in [2.75, 3.05) is 33.3 Å². The Balaban J connectivity index is 1.72. The van der Waals surface area contributed by atoms with Crippen LogP contribution in [0.25, 0.3) is 0 Å². The zero-order chi connectivity index (χ0) is 14.4. The number of ether oxygens (including phenoxy) is 1. The van der Waals surface area contributed by atoms with Crippen LogP contribution in [0, 0.1) is 11.7 Å². The van der Waals surface area contributed by atoms with Gasteiger partial charge in [-0.2, -0.15) is 0 Å². The molecule has 2 rings (SSSR count). The Morgan fingerprint density at radius 1 is 1.50 bits per heavy atom. The molecule has 0 aliphatic carbocycles. The standard InChI is InChI=1S/C15H21FN2O2/c1-17-10-12-6-8-18(11-12)15(19)7-9-20-14-5-3-2-4-13(14)16/h2-5,12,17H,6-11H2,1H3/t12-/m0/s1. The molecule has 5 heteroatoms. The first-order valence-corrected chi connectivity index (χ1v) is 7.00. The second-order valence-corrected chi connectivity index (χ2v) is 5.08. The molecule has 1 atom stereocenters. The SMILES string of the molecule is CNC[C@@H]1CCN(C(=O)CCOc2ccccc2F)C1. The van der Waals surface area contributed by atoms with Crippen LogP contribution in [0.2, 0.25) is 0 Å². The van der Waals surface area contributed by atoms with Crippen molar-refractivity contribution in [1.29, 1.82) is 0 Å². The number of nitrogens with one attached hydrogen (secondary N) is 1. The highest BCUT2D eigenvalue weighted by Gasteiger charge is 2.25. The Bertz CT molecular complexity index is 453. The first-order chi connectivity index (χ1) is 9.70. The van der Waals surface area contributed by atoms with Crippen molar-refractivity contribution in [3.63, 3.8) is 0 Å². The lowest BCUT2D eigenvalue weighted by Crippen LogP contribution is -2.31. The van der Waals surface area contributed by atoms with Crippen LogP contribution in [0.5, 0.6) is 5.75 Å². The monoisotopic (exact) mass is 280 g/mol. The van der Waals surface area contributed by atoms with Crippen LogP contribution in [0.15, 0.2) is 24.3 Å². The van der Waals surface area contributed by atoms with E-state index in [9.17, 15) is 9.18 Å². The third-order valence-electron chi connectivity index (χ3n) is 3.54. The summed E-state index contributed by atoms with van der Waals surface area (Å²) in [6, 6.07) is 6.24. The number of likely N-dealkylation sites (tertiary alicyclic amines) is 1. The summed E-state index contributed by atoms with van der Waals surface area (Å²) in [5.74, 6) is 0.432. The molecule has 20 heavy (non-hydrogen) atoms. The summed E-state index contributed by atoms with van der Waals surface area (Å²) in [6.07, 6.45) is 1.33. The van der Waals surface area contributed by atoms with Crippen LogP contribution >= 0.6 is 0 Å². The minimum Gasteiger partial charge on any atom is -0.490 e. The molecule has 0 spiro atoms. The summed E-state index contributed by atoms with van der Waals surface area (Å²) < 4.78 is 18.6. The molecule has 1 aliphatic heterocycles. The van der Waals surface area contributed by atoms with Crippen LogP contribution in [-0.2, 0) is 4.79 Å². The topological polar surface area (TPSA) is 41.6 Å². The summed E-state index contributed by atoms with van der Waals surface area (Å²) in [5, 5.41) is 3.14. The average molecular weight is 280 g/mol. The Kier molecular flexibility index (Phi) is 5.35. The molecule has 1 saturated heterocycles. The van der Waals surface area contributed by atoms with E-state index in [1.807, 2.05) is 11.9 Å². The van der Waals surface area contributed by atoms with Gasteiger partial charge in [0.25, 0.3) is 0 Å². The van der Waals surface area contributed by atoms with Crippen molar-refractivity contribution < 1.29 is 13.9 Å². The number of amides is 1. The lowest BCUT2D eigenvalue weighted by Gasteiger charge is -2.16. The number of rotatable bonds is 6. The maximum atomic E-state index is 13.3. The number of para-hydroxylation sites is 1. The van der Waals surface area contributed by atoms with E-state index >= 15 is 0 Å². The first kappa shape index (κ1) is 14.8. The summed E-state index contributed by atoms with van der Waals surface area (Å²) in [5.41, 5.74) is 0. The van der Waals surface area contributed by atoms with Gasteiger partial charge in [-0.1, -0.05) is 12.1 Å². The second kappa shape index (κ2) is 7.24. The van der Waals surface area contributed by atoms with Crippen molar-refractivity contribution in [3.8, 4) is 5.75 Å². The van der Waals surface area contributed by atoms with Gasteiger partial charge in [0.1, 0.15) is 0 Å². The van der Waals surface area contributed by atoms with Crippen LogP contribution in [0.1, 0.15) is 12.8 Å². The minimum absolute atomic E-state index is 0.0833. The third-order valence-corrected chi connectivity index (χ3v) is 3.54. The fourth-order valence-electron chi connectivity index (χ4n) is 2.48. The highest BCUT2D eigenvalue weighted by molar-refractivity contribution is 5.76. The number of hydrogen-bond donors (Lipinski definition) is 1. The minimum atomic E-state index is -0.393. The van der Waals surface area contributed by atoms with Crippen molar-refractivity contribution in [2.45, 2.75) is 12.8 Å². The molecular formula is C15H21FN2O2. The van der Waals surface area contributed by atoms with Gasteiger partial charge >= 0.3 is 0 Å². The molecule has 1 aromatic carbocycles. The van der Waals surface area contributed by atoms with Crippen molar-refractivity contribution >= 4 is 5.91 Å². The van der Waals surface area contributed by atoms with Gasteiger partial charge in [-0.05, 0) is 38.1 Å². The zero-order valence-corrected chi connectivity index (χ0v) is 11.8. The summed E-state index contributed by atoms with van der Waals surface area (Å²) in [7, 11) is 1.92. The number of hydrogen-bond acceptors (Lipinski definition) is 3. The van der Waals surface area contributed by atoms with Gasteiger partial charge in [-0.3, -0.25) is 4.79 Å². The summed E-state index contributed by atoms with van der Waals surface area (Å²) in [4.78, 5) is 13.9. The smallest absolute Gasteiger partial charge is 0.226 e. The first-order valence-electron chi connectivity index (χ1n) is 7.00. The van der Waals surface area contributed by atoms with E-state index in [-0.39, 0.29) is 18.3 Å². The molecule has 1 heterocycles. The molecule has 0 aromatic heterocycles. The van der Waals surface area contributed by atoms with Gasteiger partial charge in [-0.25, -0.2) is 4.39 Å². The van der Waals surface area contributed by atoms with Gasteiger partial charge in [-0.15, -0.1) is 0 Å². The maximum Gasteiger partial charge on any atom is 0.226 e. The van der Waals surface area contributed by atoms with Gasteiger partial charge in [0.15, 0.2) is 11.6 Å². The Labute approximate surface area is 118 Å². The predicted molar refractivity (Wildman–Crippen MR) is 75.1 cm³/mol. The highest BCUT2D eigenvalue weighted by Crippen LogP contribution is 2.18. The second-order valence-electron chi connectivity index (χ2n) is 5.08. The number of nitrogens with zero attached hydrogens (tertiary/aromatic N) is 1. The molecule has 1 amide bonds. The van der Waals surface area contributed by atoms with Gasteiger partial charge in [0, 0.05) is 13.1 Å². The van der Waals surface area contributed by atoms with Gasteiger partial charge in [0.05, 0.1) is 13.0 Å². The predicted octanol–water partition coefficient (Wildman–Crippen LogP) is 1.66. The van der Waals surface area contributed by atoms with Crippen molar-refractivity contribution in [1.82, 2.24) is 10.2 Å². The van der Waals surface area contributed by atoms with E-state index in [1.54, 1.807) is 18.2 Å². The van der Waals surface area contributed by atoms with E-state index in [2.05, 4.69) is 5.32 Å². The Morgan fingerprint density at radius 2 is 2.30 bits per heavy atom. The van der Waals surface area contributed by atoms with Crippen molar-refractivity contribution in [3.05, 3.63) is 30.1 Å². The molecule has 1 aliphatic rings. The van der Waals surface area contributed by atoms with Crippen molar-refractivity contribution in [2.24, 2.45) is 5.92 Å². The molecule has 1 N–H and O–H groups in total. The average Bonchev–Trinajstić information content (AvgIpc) is 2.90. The van der Waals surface area contributed by atoms with E-state index in [1.165, 1.54) is 6.07 Å². The normalized spacial score (nSPS) is 18.3. The number of carbonyl (C=O) groups is 1. The van der Waals surface area contributed by atoms with E-state index in [0.29, 0.717) is 12.3 Å². The molecular weight excluding hydrogens is 259 g/mol. The van der Waals surface area contributed by atoms with E-state index in [4.69, 9.17) is 4.74 Å². The molecule has 0 bridgehead atoms. The van der Waals surface area contributed by atoms with Crippen LogP contribution in [0.3, 0.4) is 0 Å². The number of carbonyl (C=O) groups excluding carboxylic acids is 1. The Hall–Kier alpha value is -1.62. The zero-order valence-electron chi connectivity index (χ0n) is 11.8. The Morgan fingerprint density at radius 3 is 3.05 bits per heavy atom. The van der Waals surface area contributed by atoms with Crippen LogP contribution in [0.4, 0.5) is 4.39 Å². The highest BCUT2D eigenvalue weighted by atomic mass is 19.1. The molecule has 1 aromatic rings.